The molecule has 0 saturated heterocycles. The molecule has 9 heavy (non-hydrogen) atoms. The molecular weight excluding hydrogens is 112 g/mol. The third kappa shape index (κ3) is 4.94. The van der Waals surface area contributed by atoms with E-state index in [1.807, 2.05) is 13.8 Å². The van der Waals surface area contributed by atoms with Crippen LogP contribution in [0.3, 0.4) is 0 Å². The Balaban J connectivity index is 3.86. The Hall–Kier alpha value is -0.920. The van der Waals surface area contributed by atoms with Crippen molar-refractivity contribution in [3.8, 4) is 0 Å². The highest BCUT2D eigenvalue weighted by atomic mass is 14.9. The second kappa shape index (κ2) is 4.01. The first-order valence-corrected chi connectivity index (χ1v) is 2.79. The van der Waals surface area contributed by atoms with Gasteiger partial charge in [-0.05, 0) is 19.4 Å². The molecule has 0 rings (SSSR count). The molecule has 2 heteroatoms. The van der Waals surface area contributed by atoms with Crippen molar-refractivity contribution in [1.82, 2.24) is 0 Å². The molecule has 0 aromatic rings. The SMILES string of the molecule is C=C(C)C=NC(C)=NC. The summed E-state index contributed by atoms with van der Waals surface area (Å²) in [6.07, 6.45) is 1.70. The summed E-state index contributed by atoms with van der Waals surface area (Å²) < 4.78 is 0. The Labute approximate surface area is 56.0 Å². The molecule has 0 atom stereocenters. The summed E-state index contributed by atoms with van der Waals surface area (Å²) in [6, 6.07) is 0. The summed E-state index contributed by atoms with van der Waals surface area (Å²) in [4.78, 5) is 7.81. The molecule has 0 amide bonds. The van der Waals surface area contributed by atoms with E-state index in [0.29, 0.717) is 0 Å². The molecule has 0 bridgehead atoms. The summed E-state index contributed by atoms with van der Waals surface area (Å²) in [6.45, 7) is 7.40. The van der Waals surface area contributed by atoms with E-state index in [4.69, 9.17) is 0 Å². The Morgan fingerprint density at radius 3 is 2.33 bits per heavy atom. The minimum Gasteiger partial charge on any atom is -0.274 e. The number of aliphatic imine (C=N–C) groups is 2. The van der Waals surface area contributed by atoms with Crippen LogP contribution in [-0.2, 0) is 0 Å². The average molecular weight is 124 g/mol. The van der Waals surface area contributed by atoms with E-state index in [9.17, 15) is 0 Å². The van der Waals surface area contributed by atoms with Gasteiger partial charge in [-0.2, -0.15) is 0 Å². The van der Waals surface area contributed by atoms with Gasteiger partial charge in [0.1, 0.15) is 5.84 Å². The van der Waals surface area contributed by atoms with Gasteiger partial charge in [-0.3, -0.25) is 4.99 Å². The normalized spacial score (nSPS) is 12.6. The van der Waals surface area contributed by atoms with Gasteiger partial charge < -0.3 is 0 Å². The highest BCUT2D eigenvalue weighted by Gasteiger charge is 1.78. The van der Waals surface area contributed by atoms with Crippen LogP contribution in [0.25, 0.3) is 0 Å². The summed E-state index contributed by atoms with van der Waals surface area (Å²) >= 11 is 0. The van der Waals surface area contributed by atoms with E-state index in [-0.39, 0.29) is 0 Å². The topological polar surface area (TPSA) is 24.7 Å². The molecule has 0 aromatic heterocycles. The number of allylic oxidation sites excluding steroid dienone is 1. The highest BCUT2D eigenvalue weighted by Crippen LogP contribution is 1.81. The van der Waals surface area contributed by atoms with E-state index in [1.165, 1.54) is 0 Å². The standard InChI is InChI=1S/C7H12N2/c1-6(2)5-9-7(3)8-4/h5H,1H2,2-4H3. The van der Waals surface area contributed by atoms with E-state index >= 15 is 0 Å². The Morgan fingerprint density at radius 1 is 1.44 bits per heavy atom. The molecule has 0 spiro atoms. The number of rotatable bonds is 1. The fourth-order valence-corrected chi connectivity index (χ4v) is 0.261. The van der Waals surface area contributed by atoms with Crippen LogP contribution in [0.15, 0.2) is 22.1 Å². The van der Waals surface area contributed by atoms with Gasteiger partial charge in [0.25, 0.3) is 0 Å². The number of nitrogens with zero attached hydrogens (tertiary/aromatic N) is 2. The van der Waals surface area contributed by atoms with Crippen molar-refractivity contribution in [1.29, 1.82) is 0 Å². The first-order valence-electron chi connectivity index (χ1n) is 2.79. The average Bonchev–Trinajstić information content (AvgIpc) is 1.83. The van der Waals surface area contributed by atoms with Crippen LogP contribution < -0.4 is 0 Å². The summed E-state index contributed by atoms with van der Waals surface area (Å²) in [5.74, 6) is 0.776. The van der Waals surface area contributed by atoms with Gasteiger partial charge in [-0.25, -0.2) is 4.99 Å². The fraction of sp³-hybridized carbons (Fsp3) is 0.429. The van der Waals surface area contributed by atoms with Gasteiger partial charge in [-0.15, -0.1) is 0 Å². The van der Waals surface area contributed by atoms with Crippen molar-refractivity contribution >= 4 is 12.1 Å². The number of hydrogen-bond acceptors (Lipinski definition) is 1. The van der Waals surface area contributed by atoms with Gasteiger partial charge in [0, 0.05) is 13.3 Å². The molecule has 50 valence electrons. The maximum absolute atomic E-state index is 3.97. The zero-order valence-electron chi connectivity index (χ0n) is 6.18. The maximum Gasteiger partial charge on any atom is 0.119 e. The van der Waals surface area contributed by atoms with Crippen LogP contribution in [0.4, 0.5) is 0 Å². The summed E-state index contributed by atoms with van der Waals surface area (Å²) in [5.41, 5.74) is 0.943. The van der Waals surface area contributed by atoms with Crippen LogP contribution in [0.2, 0.25) is 0 Å². The third-order valence-electron chi connectivity index (χ3n) is 0.795. The zero-order valence-corrected chi connectivity index (χ0v) is 6.18. The van der Waals surface area contributed by atoms with Gasteiger partial charge in [-0.1, -0.05) is 6.58 Å². The Morgan fingerprint density at radius 2 is 2.00 bits per heavy atom. The third-order valence-corrected chi connectivity index (χ3v) is 0.795. The van der Waals surface area contributed by atoms with Crippen molar-refractivity contribution in [3.63, 3.8) is 0 Å². The van der Waals surface area contributed by atoms with E-state index < -0.39 is 0 Å². The fourth-order valence-electron chi connectivity index (χ4n) is 0.261. The second-order valence-corrected chi connectivity index (χ2v) is 1.88. The molecule has 0 aromatic carbocycles. The predicted octanol–water partition coefficient (Wildman–Crippen LogP) is 1.68. The Bertz CT molecular complexity index is 154. The molecule has 0 N–H and O–H groups in total. The molecule has 0 unspecified atom stereocenters. The molecular formula is C7H12N2. The maximum atomic E-state index is 3.97. The first kappa shape index (κ1) is 8.08. The largest absolute Gasteiger partial charge is 0.274 e. The second-order valence-electron chi connectivity index (χ2n) is 1.88. The lowest BCUT2D eigenvalue weighted by Crippen LogP contribution is -1.85. The minimum absolute atomic E-state index is 0.776. The van der Waals surface area contributed by atoms with Gasteiger partial charge >= 0.3 is 0 Å². The van der Waals surface area contributed by atoms with Crippen LogP contribution in [0.1, 0.15) is 13.8 Å². The monoisotopic (exact) mass is 124 g/mol. The van der Waals surface area contributed by atoms with Crippen LogP contribution >= 0.6 is 0 Å². The van der Waals surface area contributed by atoms with Crippen molar-refractivity contribution in [2.24, 2.45) is 9.98 Å². The zero-order chi connectivity index (χ0) is 7.28. The summed E-state index contributed by atoms with van der Waals surface area (Å²) in [5, 5.41) is 0. The van der Waals surface area contributed by atoms with Gasteiger partial charge in [0.05, 0.1) is 0 Å². The van der Waals surface area contributed by atoms with E-state index in [1.54, 1.807) is 13.3 Å². The Kier molecular flexibility index (Phi) is 3.60. The molecule has 0 radical (unpaired) electrons. The van der Waals surface area contributed by atoms with Crippen molar-refractivity contribution in [2.75, 3.05) is 7.05 Å². The van der Waals surface area contributed by atoms with Crippen LogP contribution in [-0.4, -0.2) is 19.1 Å². The predicted molar refractivity (Wildman–Crippen MR) is 42.3 cm³/mol. The van der Waals surface area contributed by atoms with E-state index in [0.717, 1.165) is 11.4 Å². The van der Waals surface area contributed by atoms with Crippen molar-refractivity contribution in [2.45, 2.75) is 13.8 Å². The quantitative estimate of drug-likeness (QED) is 0.375. The smallest absolute Gasteiger partial charge is 0.119 e. The van der Waals surface area contributed by atoms with Gasteiger partial charge in [0.15, 0.2) is 0 Å². The molecule has 0 aliphatic rings. The lowest BCUT2D eigenvalue weighted by Gasteiger charge is -1.86. The van der Waals surface area contributed by atoms with Crippen LogP contribution in [0.5, 0.6) is 0 Å². The number of hydrogen-bond donors (Lipinski definition) is 0. The molecule has 0 aliphatic carbocycles. The molecule has 0 saturated carbocycles. The van der Waals surface area contributed by atoms with Crippen molar-refractivity contribution in [3.05, 3.63) is 12.2 Å². The first-order chi connectivity index (χ1) is 4.16. The van der Waals surface area contributed by atoms with Gasteiger partial charge in [0.2, 0.25) is 0 Å². The highest BCUT2D eigenvalue weighted by molar-refractivity contribution is 5.92. The molecule has 2 nitrogen and oxygen atoms in total. The van der Waals surface area contributed by atoms with Crippen LogP contribution in [0, 0.1) is 0 Å². The lowest BCUT2D eigenvalue weighted by molar-refractivity contribution is 1.38. The molecule has 0 heterocycles. The number of amidine groups is 1. The minimum atomic E-state index is 0.776. The van der Waals surface area contributed by atoms with Crippen molar-refractivity contribution < 1.29 is 0 Å². The van der Waals surface area contributed by atoms with E-state index in [2.05, 4.69) is 16.6 Å². The lowest BCUT2D eigenvalue weighted by atomic mass is 10.4. The molecule has 0 aliphatic heterocycles. The summed E-state index contributed by atoms with van der Waals surface area (Å²) in [7, 11) is 1.71. The molecule has 0 fully saturated rings.